The first-order chi connectivity index (χ1) is 16.8. The van der Waals surface area contributed by atoms with Crippen LogP contribution < -0.4 is 10.9 Å². The van der Waals surface area contributed by atoms with Crippen molar-refractivity contribution in [2.75, 3.05) is 38.0 Å². The third-order valence-electron chi connectivity index (χ3n) is 6.82. The van der Waals surface area contributed by atoms with Crippen molar-refractivity contribution in [1.82, 2.24) is 19.4 Å². The summed E-state index contributed by atoms with van der Waals surface area (Å²) in [5, 5.41) is 3.61. The predicted octanol–water partition coefficient (Wildman–Crippen LogP) is 2.88. The predicted molar refractivity (Wildman–Crippen MR) is 138 cm³/mol. The van der Waals surface area contributed by atoms with Gasteiger partial charge in [0.2, 0.25) is 11.8 Å². The first-order valence-corrected chi connectivity index (χ1v) is 12.1. The Labute approximate surface area is 205 Å². The number of aromatic nitrogens is 2. The van der Waals surface area contributed by atoms with Crippen molar-refractivity contribution in [3.05, 3.63) is 69.8 Å². The van der Waals surface area contributed by atoms with Gasteiger partial charge < -0.3 is 10.2 Å². The summed E-state index contributed by atoms with van der Waals surface area (Å²) in [7, 11) is 0. The molecule has 0 aliphatic carbocycles. The van der Waals surface area contributed by atoms with E-state index in [1.807, 2.05) is 56.0 Å². The van der Waals surface area contributed by atoms with Gasteiger partial charge in [0.05, 0.1) is 23.8 Å². The molecule has 8 heteroatoms. The molecular formula is C27H33N5O3. The number of nitrogens with one attached hydrogen (secondary N) is 1. The Kier molecular flexibility index (Phi) is 7.60. The number of carbonyl (C=O) groups excluding carboxylic acids is 2. The number of anilines is 1. The lowest BCUT2D eigenvalue weighted by Crippen LogP contribution is -2.50. The van der Waals surface area contributed by atoms with Crippen molar-refractivity contribution in [2.24, 2.45) is 0 Å². The number of fused-ring (bicyclic) bond motifs is 1. The van der Waals surface area contributed by atoms with E-state index in [0.29, 0.717) is 57.5 Å². The Hall–Kier alpha value is -3.52. The van der Waals surface area contributed by atoms with Crippen LogP contribution in [0.25, 0.3) is 10.9 Å². The van der Waals surface area contributed by atoms with Gasteiger partial charge in [-0.25, -0.2) is 4.98 Å². The molecule has 1 N–H and O–H groups in total. The number of aryl methyl sites for hydroxylation is 3. The fourth-order valence-electron chi connectivity index (χ4n) is 4.49. The molecule has 2 amide bonds. The Bertz CT molecular complexity index is 1290. The lowest BCUT2D eigenvalue weighted by Gasteiger charge is -2.34. The summed E-state index contributed by atoms with van der Waals surface area (Å²) in [6.07, 6.45) is 2.53. The fourth-order valence-corrected chi connectivity index (χ4v) is 4.49. The van der Waals surface area contributed by atoms with Crippen LogP contribution in [0.15, 0.2) is 47.5 Å². The molecule has 8 nitrogen and oxygen atoms in total. The minimum absolute atomic E-state index is 0.0388. The second-order valence-electron chi connectivity index (χ2n) is 9.27. The van der Waals surface area contributed by atoms with Gasteiger partial charge in [-0.15, -0.1) is 0 Å². The molecule has 0 saturated carbocycles. The Morgan fingerprint density at radius 3 is 2.46 bits per heavy atom. The van der Waals surface area contributed by atoms with Gasteiger partial charge in [0.1, 0.15) is 0 Å². The van der Waals surface area contributed by atoms with Crippen molar-refractivity contribution < 1.29 is 9.59 Å². The molecule has 0 unspecified atom stereocenters. The van der Waals surface area contributed by atoms with E-state index in [1.165, 1.54) is 0 Å². The van der Waals surface area contributed by atoms with E-state index < -0.39 is 0 Å². The molecule has 1 saturated heterocycles. The molecule has 1 fully saturated rings. The van der Waals surface area contributed by atoms with E-state index in [-0.39, 0.29) is 17.4 Å². The summed E-state index contributed by atoms with van der Waals surface area (Å²) in [5.41, 5.74) is 4.70. The van der Waals surface area contributed by atoms with Crippen molar-refractivity contribution in [3.63, 3.8) is 0 Å². The Balaban J connectivity index is 1.22. The fraction of sp³-hybridized carbons (Fsp3) is 0.407. The lowest BCUT2D eigenvalue weighted by molar-refractivity contribution is -0.133. The SMILES string of the molecule is Cc1cccc(NC(=O)CN2CCN(C(=O)CCCn3cnc4c(C)cccc4c3=O)CC2)c1C. The number of amides is 2. The number of para-hydroxylation sites is 1. The zero-order valence-electron chi connectivity index (χ0n) is 20.7. The van der Waals surface area contributed by atoms with E-state index in [9.17, 15) is 14.4 Å². The average Bonchev–Trinajstić information content (AvgIpc) is 2.84. The minimum atomic E-state index is -0.0705. The van der Waals surface area contributed by atoms with E-state index >= 15 is 0 Å². The Morgan fingerprint density at radius 1 is 0.971 bits per heavy atom. The lowest BCUT2D eigenvalue weighted by atomic mass is 10.1. The highest BCUT2D eigenvalue weighted by atomic mass is 16.2. The number of benzene rings is 2. The topological polar surface area (TPSA) is 87.5 Å². The summed E-state index contributed by atoms with van der Waals surface area (Å²) < 4.78 is 1.58. The summed E-state index contributed by atoms with van der Waals surface area (Å²) in [5.74, 6) is 0.0465. The van der Waals surface area contributed by atoms with Gasteiger partial charge in [0, 0.05) is 44.8 Å². The minimum Gasteiger partial charge on any atom is -0.340 e. The summed E-state index contributed by atoms with van der Waals surface area (Å²) in [4.78, 5) is 46.3. The molecule has 4 rings (SSSR count). The van der Waals surface area contributed by atoms with Crippen LogP contribution in [0.2, 0.25) is 0 Å². The van der Waals surface area contributed by atoms with Crippen molar-refractivity contribution in [1.29, 1.82) is 0 Å². The van der Waals surface area contributed by atoms with Crippen molar-refractivity contribution >= 4 is 28.4 Å². The number of carbonyl (C=O) groups is 2. The zero-order chi connectivity index (χ0) is 24.9. The van der Waals surface area contributed by atoms with Crippen LogP contribution in [0.1, 0.15) is 29.5 Å². The van der Waals surface area contributed by atoms with Gasteiger partial charge >= 0.3 is 0 Å². The van der Waals surface area contributed by atoms with Crippen LogP contribution in [0, 0.1) is 20.8 Å². The van der Waals surface area contributed by atoms with Gasteiger partial charge in [-0.2, -0.15) is 0 Å². The van der Waals surface area contributed by atoms with Crippen LogP contribution >= 0.6 is 0 Å². The highest BCUT2D eigenvalue weighted by Gasteiger charge is 2.22. The summed E-state index contributed by atoms with van der Waals surface area (Å²) >= 11 is 0. The van der Waals surface area contributed by atoms with Gasteiger partial charge in [0.25, 0.3) is 5.56 Å². The normalized spacial score (nSPS) is 14.3. The van der Waals surface area contributed by atoms with Gasteiger partial charge in [-0.3, -0.25) is 23.9 Å². The van der Waals surface area contributed by atoms with Crippen LogP contribution in [-0.4, -0.2) is 63.9 Å². The monoisotopic (exact) mass is 475 g/mol. The van der Waals surface area contributed by atoms with Gasteiger partial charge in [0.15, 0.2) is 0 Å². The first-order valence-electron chi connectivity index (χ1n) is 12.1. The molecule has 1 aromatic heterocycles. The maximum Gasteiger partial charge on any atom is 0.261 e. The number of rotatable bonds is 7. The second-order valence-corrected chi connectivity index (χ2v) is 9.27. The first kappa shape index (κ1) is 24.6. The smallest absolute Gasteiger partial charge is 0.261 e. The van der Waals surface area contributed by atoms with Gasteiger partial charge in [-0.1, -0.05) is 24.3 Å². The van der Waals surface area contributed by atoms with E-state index in [0.717, 1.165) is 27.9 Å². The molecule has 1 aliphatic rings. The van der Waals surface area contributed by atoms with E-state index in [2.05, 4.69) is 15.2 Å². The molecule has 0 spiro atoms. The molecule has 0 radical (unpaired) electrons. The molecule has 0 atom stereocenters. The molecular weight excluding hydrogens is 442 g/mol. The molecule has 2 aromatic carbocycles. The van der Waals surface area contributed by atoms with Crippen molar-refractivity contribution in [3.8, 4) is 0 Å². The second kappa shape index (κ2) is 10.8. The summed E-state index contributed by atoms with van der Waals surface area (Å²) in [6, 6.07) is 11.5. The largest absolute Gasteiger partial charge is 0.340 e. The van der Waals surface area contributed by atoms with Gasteiger partial charge in [-0.05, 0) is 56.0 Å². The van der Waals surface area contributed by atoms with Crippen LogP contribution in [0.5, 0.6) is 0 Å². The Morgan fingerprint density at radius 2 is 1.69 bits per heavy atom. The number of hydrogen-bond acceptors (Lipinski definition) is 5. The zero-order valence-corrected chi connectivity index (χ0v) is 20.7. The van der Waals surface area contributed by atoms with Crippen LogP contribution in [0.4, 0.5) is 5.69 Å². The standard InChI is InChI=1S/C27H33N5O3/c1-19-7-5-10-23(21(19)3)29-24(33)17-30-13-15-31(16-14-30)25(34)11-6-12-32-18-28-26-20(2)8-4-9-22(26)27(32)35/h4-5,7-10,18H,6,11-17H2,1-3H3,(H,29,33). The number of hydrogen-bond donors (Lipinski definition) is 1. The van der Waals surface area contributed by atoms with E-state index in [4.69, 9.17) is 0 Å². The average molecular weight is 476 g/mol. The third kappa shape index (κ3) is 5.77. The van der Waals surface area contributed by atoms with Crippen LogP contribution in [-0.2, 0) is 16.1 Å². The molecule has 0 bridgehead atoms. The maximum atomic E-state index is 12.7. The molecule has 2 heterocycles. The number of nitrogens with zero attached hydrogens (tertiary/aromatic N) is 4. The summed E-state index contributed by atoms with van der Waals surface area (Å²) in [6.45, 7) is 9.28. The highest BCUT2D eigenvalue weighted by molar-refractivity contribution is 5.93. The molecule has 1 aliphatic heterocycles. The van der Waals surface area contributed by atoms with E-state index in [1.54, 1.807) is 17.0 Å². The highest BCUT2D eigenvalue weighted by Crippen LogP contribution is 2.18. The number of piperazine rings is 1. The van der Waals surface area contributed by atoms with Crippen LogP contribution in [0.3, 0.4) is 0 Å². The maximum absolute atomic E-state index is 12.7. The molecule has 3 aromatic rings. The molecule has 35 heavy (non-hydrogen) atoms. The van der Waals surface area contributed by atoms with Crippen molar-refractivity contribution in [2.45, 2.75) is 40.2 Å². The third-order valence-corrected chi connectivity index (χ3v) is 6.82. The molecule has 184 valence electrons. The quantitative estimate of drug-likeness (QED) is 0.568.